The van der Waals surface area contributed by atoms with Gasteiger partial charge in [-0.2, -0.15) is 4.31 Å². The van der Waals surface area contributed by atoms with E-state index in [-0.39, 0.29) is 21.9 Å². The van der Waals surface area contributed by atoms with Gasteiger partial charge in [0.2, 0.25) is 10.0 Å². The number of hydrogen-bond donors (Lipinski definition) is 1. The zero-order chi connectivity index (χ0) is 23.4. The van der Waals surface area contributed by atoms with Crippen LogP contribution in [0, 0.1) is 5.82 Å². The topological polar surface area (TPSA) is 79.0 Å². The number of amides is 1. The third kappa shape index (κ3) is 4.84. The zero-order valence-corrected chi connectivity index (χ0v) is 18.9. The molecule has 3 aromatic carbocycles. The number of hydrogen-bond acceptors (Lipinski definition) is 5. The number of rotatable bonds is 6. The Morgan fingerprint density at radius 1 is 0.939 bits per heavy atom. The van der Waals surface area contributed by atoms with Crippen molar-refractivity contribution >= 4 is 27.3 Å². The fourth-order valence-corrected chi connectivity index (χ4v) is 5.20. The fourth-order valence-electron chi connectivity index (χ4n) is 3.75. The third-order valence-electron chi connectivity index (χ3n) is 5.54. The van der Waals surface area contributed by atoms with Crippen LogP contribution in [0.5, 0.6) is 5.75 Å². The van der Waals surface area contributed by atoms with Crippen molar-refractivity contribution < 1.29 is 22.3 Å². The molecular weight excluding hydrogens is 445 g/mol. The van der Waals surface area contributed by atoms with Crippen LogP contribution in [0.3, 0.4) is 0 Å². The molecule has 4 rings (SSSR count). The number of halogens is 1. The van der Waals surface area contributed by atoms with Crippen molar-refractivity contribution in [2.24, 2.45) is 0 Å². The molecule has 0 bridgehead atoms. The molecule has 1 fully saturated rings. The van der Waals surface area contributed by atoms with Gasteiger partial charge >= 0.3 is 0 Å². The molecule has 0 atom stereocenters. The lowest BCUT2D eigenvalue weighted by Crippen LogP contribution is -2.48. The standard InChI is InChI=1S/C24H24FN3O4S/c1-32-23-12-11-19(17-22(23)26-24(29)20-9-5-6-10-21(20)25)33(30,31)28-15-13-27(14-16-28)18-7-3-2-4-8-18/h2-12,17H,13-16H2,1H3,(H,26,29). The minimum absolute atomic E-state index is 0.0281. The molecule has 33 heavy (non-hydrogen) atoms. The lowest BCUT2D eigenvalue weighted by atomic mass is 10.2. The Morgan fingerprint density at radius 3 is 2.27 bits per heavy atom. The number of nitrogens with zero attached hydrogens (tertiary/aromatic N) is 2. The van der Waals surface area contributed by atoms with Gasteiger partial charge in [-0.1, -0.05) is 30.3 Å². The fraction of sp³-hybridized carbons (Fsp3) is 0.208. The highest BCUT2D eigenvalue weighted by atomic mass is 32.2. The number of methoxy groups -OCH3 is 1. The summed E-state index contributed by atoms with van der Waals surface area (Å²) in [7, 11) is -2.39. The summed E-state index contributed by atoms with van der Waals surface area (Å²) in [4.78, 5) is 14.7. The van der Waals surface area contributed by atoms with Gasteiger partial charge in [-0.3, -0.25) is 4.79 Å². The van der Waals surface area contributed by atoms with Crippen molar-refractivity contribution in [3.63, 3.8) is 0 Å². The minimum atomic E-state index is -3.80. The van der Waals surface area contributed by atoms with Crippen LogP contribution in [0.1, 0.15) is 10.4 Å². The highest BCUT2D eigenvalue weighted by molar-refractivity contribution is 7.89. The molecule has 0 aliphatic carbocycles. The molecule has 7 nitrogen and oxygen atoms in total. The van der Waals surface area contributed by atoms with Crippen LogP contribution in [0.2, 0.25) is 0 Å². The van der Waals surface area contributed by atoms with Crippen molar-refractivity contribution in [2.75, 3.05) is 43.5 Å². The molecule has 1 aliphatic rings. The van der Waals surface area contributed by atoms with Crippen molar-refractivity contribution in [1.82, 2.24) is 4.31 Å². The van der Waals surface area contributed by atoms with E-state index in [1.54, 1.807) is 6.07 Å². The van der Waals surface area contributed by atoms with E-state index in [9.17, 15) is 17.6 Å². The Morgan fingerprint density at radius 2 is 1.61 bits per heavy atom. The Balaban J connectivity index is 1.54. The van der Waals surface area contributed by atoms with E-state index >= 15 is 0 Å². The summed E-state index contributed by atoms with van der Waals surface area (Å²) in [5.41, 5.74) is 1.05. The first kappa shape index (κ1) is 22.8. The van der Waals surface area contributed by atoms with Crippen molar-refractivity contribution in [1.29, 1.82) is 0 Å². The first-order valence-corrected chi connectivity index (χ1v) is 11.9. The van der Waals surface area contributed by atoms with E-state index < -0.39 is 21.7 Å². The van der Waals surface area contributed by atoms with Crippen molar-refractivity contribution in [2.45, 2.75) is 4.90 Å². The summed E-state index contributed by atoms with van der Waals surface area (Å²) in [5.74, 6) is -1.10. The first-order valence-electron chi connectivity index (χ1n) is 10.4. The summed E-state index contributed by atoms with van der Waals surface area (Å²) in [6.45, 7) is 1.80. The van der Waals surface area contributed by atoms with Crippen LogP contribution in [0.4, 0.5) is 15.8 Å². The van der Waals surface area contributed by atoms with Crippen LogP contribution >= 0.6 is 0 Å². The molecule has 1 aliphatic heterocycles. The number of piperazine rings is 1. The number of carbonyl (C=O) groups excluding carboxylic acids is 1. The van der Waals surface area contributed by atoms with Gasteiger partial charge in [0.15, 0.2) is 0 Å². The van der Waals surface area contributed by atoms with Crippen LogP contribution in [0.15, 0.2) is 77.7 Å². The summed E-state index contributed by atoms with van der Waals surface area (Å²) in [6.07, 6.45) is 0. The SMILES string of the molecule is COc1ccc(S(=O)(=O)N2CCN(c3ccccc3)CC2)cc1NC(=O)c1ccccc1F. The maximum atomic E-state index is 14.0. The van der Waals surface area contributed by atoms with E-state index in [0.717, 1.165) is 5.69 Å². The lowest BCUT2D eigenvalue weighted by molar-refractivity contribution is 0.102. The van der Waals surface area contributed by atoms with Crippen LogP contribution in [-0.4, -0.2) is 51.9 Å². The highest BCUT2D eigenvalue weighted by Crippen LogP contribution is 2.30. The van der Waals surface area contributed by atoms with E-state index in [1.807, 2.05) is 30.3 Å². The average Bonchev–Trinajstić information content (AvgIpc) is 2.85. The van der Waals surface area contributed by atoms with E-state index in [4.69, 9.17) is 4.74 Å². The average molecular weight is 470 g/mol. The molecule has 0 spiro atoms. The molecule has 1 amide bonds. The smallest absolute Gasteiger partial charge is 0.258 e. The summed E-state index contributed by atoms with van der Waals surface area (Å²) >= 11 is 0. The molecule has 0 radical (unpaired) electrons. The number of ether oxygens (including phenoxy) is 1. The number of carbonyl (C=O) groups is 1. The minimum Gasteiger partial charge on any atom is -0.495 e. The Kier molecular flexibility index (Phi) is 6.62. The van der Waals surface area contributed by atoms with Crippen LogP contribution < -0.4 is 15.0 Å². The molecule has 172 valence electrons. The van der Waals surface area contributed by atoms with E-state index in [2.05, 4.69) is 10.2 Å². The monoisotopic (exact) mass is 469 g/mol. The van der Waals surface area contributed by atoms with E-state index in [1.165, 1.54) is 47.8 Å². The molecule has 9 heteroatoms. The summed E-state index contributed by atoms with van der Waals surface area (Å²) < 4.78 is 47.3. The Hall–Kier alpha value is -3.43. The Bertz CT molecular complexity index is 1240. The molecule has 0 saturated carbocycles. The molecule has 1 heterocycles. The molecule has 0 aromatic heterocycles. The van der Waals surface area contributed by atoms with Gasteiger partial charge in [0.05, 0.1) is 23.3 Å². The van der Waals surface area contributed by atoms with Crippen LogP contribution in [-0.2, 0) is 10.0 Å². The van der Waals surface area contributed by atoms with Gasteiger partial charge in [0, 0.05) is 31.9 Å². The summed E-state index contributed by atoms with van der Waals surface area (Å²) in [5, 5.41) is 2.57. The molecule has 3 aromatic rings. The maximum absolute atomic E-state index is 14.0. The molecule has 1 saturated heterocycles. The third-order valence-corrected chi connectivity index (χ3v) is 7.43. The highest BCUT2D eigenvalue weighted by Gasteiger charge is 2.29. The van der Waals surface area contributed by atoms with Gasteiger partial charge in [-0.05, 0) is 42.5 Å². The second-order valence-corrected chi connectivity index (χ2v) is 9.46. The second kappa shape index (κ2) is 9.60. The predicted molar refractivity (Wildman–Crippen MR) is 125 cm³/mol. The summed E-state index contributed by atoms with van der Waals surface area (Å²) in [6, 6.07) is 19.7. The number of benzene rings is 3. The molecule has 1 N–H and O–H groups in total. The normalized spacial score (nSPS) is 14.7. The zero-order valence-electron chi connectivity index (χ0n) is 18.1. The maximum Gasteiger partial charge on any atom is 0.258 e. The first-order chi connectivity index (χ1) is 15.9. The van der Waals surface area contributed by atoms with Gasteiger partial charge in [0.25, 0.3) is 5.91 Å². The van der Waals surface area contributed by atoms with Gasteiger partial charge in [-0.15, -0.1) is 0 Å². The lowest BCUT2D eigenvalue weighted by Gasteiger charge is -2.35. The molecular formula is C24H24FN3O4S. The molecule has 0 unspecified atom stereocenters. The van der Waals surface area contributed by atoms with Gasteiger partial charge in [-0.25, -0.2) is 12.8 Å². The second-order valence-electron chi connectivity index (χ2n) is 7.52. The van der Waals surface area contributed by atoms with E-state index in [0.29, 0.717) is 26.2 Å². The van der Waals surface area contributed by atoms with Crippen molar-refractivity contribution in [3.8, 4) is 5.75 Å². The quantitative estimate of drug-likeness (QED) is 0.597. The van der Waals surface area contributed by atoms with Gasteiger partial charge in [0.1, 0.15) is 11.6 Å². The van der Waals surface area contributed by atoms with Gasteiger partial charge < -0.3 is 15.0 Å². The number of nitrogens with one attached hydrogen (secondary N) is 1. The number of para-hydroxylation sites is 1. The van der Waals surface area contributed by atoms with Crippen LogP contribution in [0.25, 0.3) is 0 Å². The largest absolute Gasteiger partial charge is 0.495 e. The number of anilines is 2. The number of sulfonamides is 1. The predicted octanol–water partition coefficient (Wildman–Crippen LogP) is 3.60. The Labute approximate surface area is 192 Å². The van der Waals surface area contributed by atoms with Crippen molar-refractivity contribution in [3.05, 3.63) is 84.2 Å².